The molecule has 3 rings (SSSR count). The molecule has 1 aromatic rings. The van der Waals surface area contributed by atoms with E-state index in [1.807, 2.05) is 19.2 Å². The topological polar surface area (TPSA) is 71.2 Å². The van der Waals surface area contributed by atoms with Gasteiger partial charge in [0.15, 0.2) is 0 Å². The Morgan fingerprint density at radius 3 is 3.11 bits per heavy atom. The second-order valence-corrected chi connectivity index (χ2v) is 5.61. The molecule has 0 radical (unpaired) electrons. The number of hydrogen-bond donors (Lipinski definition) is 2. The summed E-state index contributed by atoms with van der Waals surface area (Å²) in [6.07, 6.45) is 4.46. The maximum atomic E-state index is 11.4. The van der Waals surface area contributed by atoms with Gasteiger partial charge >= 0.3 is 0 Å². The fourth-order valence-corrected chi connectivity index (χ4v) is 3.02. The Bertz CT molecular complexity index is 502. The fourth-order valence-electron chi connectivity index (χ4n) is 3.02. The zero-order valence-corrected chi connectivity index (χ0v) is 11.2. The number of piperidine rings is 2. The molecule has 2 atom stereocenters. The van der Waals surface area contributed by atoms with Gasteiger partial charge < -0.3 is 16.0 Å². The Hall–Kier alpha value is -1.78. The van der Waals surface area contributed by atoms with Gasteiger partial charge in [-0.1, -0.05) is 0 Å². The number of aryl methyl sites for hydroxylation is 1. The van der Waals surface area contributed by atoms with Gasteiger partial charge in [0.25, 0.3) is 0 Å². The van der Waals surface area contributed by atoms with Crippen molar-refractivity contribution in [3.8, 4) is 0 Å². The first-order chi connectivity index (χ1) is 9.13. The number of nitrogens with one attached hydrogen (secondary N) is 1. The lowest BCUT2D eigenvalue weighted by molar-refractivity contribution is -0.124. The number of nitrogen functional groups attached to an aromatic ring is 1. The average Bonchev–Trinajstić information content (AvgIpc) is 2.41. The van der Waals surface area contributed by atoms with Crippen molar-refractivity contribution in [3.63, 3.8) is 0 Å². The maximum absolute atomic E-state index is 11.4. The number of rotatable bonds is 1. The average molecular weight is 260 g/mol. The number of fused-ring (bicyclic) bond motifs is 1. The van der Waals surface area contributed by atoms with E-state index in [4.69, 9.17) is 5.73 Å². The molecule has 2 aliphatic rings. The minimum absolute atomic E-state index is 0.201. The number of carbonyl (C=O) groups is 1. The molecule has 2 unspecified atom stereocenters. The molecule has 0 bridgehead atoms. The summed E-state index contributed by atoms with van der Waals surface area (Å²) in [5, 5.41) is 3.10. The van der Waals surface area contributed by atoms with Crippen LogP contribution >= 0.6 is 0 Å². The minimum Gasteiger partial charge on any atom is -0.398 e. The molecule has 0 saturated carbocycles. The molecule has 3 heterocycles. The molecule has 1 amide bonds. The highest BCUT2D eigenvalue weighted by Gasteiger charge is 2.34. The van der Waals surface area contributed by atoms with Crippen molar-refractivity contribution in [2.75, 3.05) is 23.7 Å². The highest BCUT2D eigenvalue weighted by atomic mass is 16.1. The summed E-state index contributed by atoms with van der Waals surface area (Å²) in [5.74, 6) is 1.70. The predicted molar refractivity (Wildman–Crippen MR) is 74.9 cm³/mol. The van der Waals surface area contributed by atoms with Gasteiger partial charge in [-0.25, -0.2) is 4.98 Å². The fraction of sp³-hybridized carbons (Fsp3) is 0.571. The van der Waals surface area contributed by atoms with Crippen molar-refractivity contribution in [2.24, 2.45) is 5.92 Å². The number of hydrogen-bond acceptors (Lipinski definition) is 4. The molecule has 3 N–H and O–H groups in total. The molecule has 2 saturated heterocycles. The summed E-state index contributed by atoms with van der Waals surface area (Å²) in [4.78, 5) is 18.2. The first kappa shape index (κ1) is 12.3. The van der Waals surface area contributed by atoms with Crippen molar-refractivity contribution >= 4 is 17.4 Å². The first-order valence-corrected chi connectivity index (χ1v) is 6.90. The molecule has 102 valence electrons. The van der Waals surface area contributed by atoms with Gasteiger partial charge in [0.2, 0.25) is 5.91 Å². The van der Waals surface area contributed by atoms with Crippen molar-refractivity contribution in [1.29, 1.82) is 0 Å². The summed E-state index contributed by atoms with van der Waals surface area (Å²) in [6, 6.07) is 2.30. The van der Waals surface area contributed by atoms with Gasteiger partial charge in [-0.05, 0) is 31.2 Å². The second kappa shape index (κ2) is 4.72. The van der Waals surface area contributed by atoms with E-state index in [1.54, 1.807) is 0 Å². The van der Waals surface area contributed by atoms with E-state index in [1.165, 1.54) is 0 Å². The molecule has 2 aliphatic heterocycles. The third kappa shape index (κ3) is 2.37. The number of nitrogens with zero attached hydrogens (tertiary/aromatic N) is 2. The van der Waals surface area contributed by atoms with Crippen molar-refractivity contribution in [1.82, 2.24) is 10.3 Å². The van der Waals surface area contributed by atoms with Crippen LogP contribution in [-0.4, -0.2) is 30.0 Å². The number of pyridine rings is 1. The quantitative estimate of drug-likeness (QED) is 0.792. The Balaban J connectivity index is 1.74. The molecular weight excluding hydrogens is 240 g/mol. The number of nitrogens with two attached hydrogens (primary N) is 1. The minimum atomic E-state index is 0.201. The highest BCUT2D eigenvalue weighted by Crippen LogP contribution is 2.28. The van der Waals surface area contributed by atoms with Gasteiger partial charge in [-0.3, -0.25) is 4.79 Å². The van der Waals surface area contributed by atoms with Crippen LogP contribution in [0.1, 0.15) is 24.8 Å². The molecule has 5 heteroatoms. The third-order valence-electron chi connectivity index (χ3n) is 4.28. The SMILES string of the molecule is Cc1cnc(N2CCC3NC(=O)CCC3C2)cc1N. The first-order valence-electron chi connectivity index (χ1n) is 6.90. The van der Waals surface area contributed by atoms with E-state index in [0.717, 1.165) is 43.0 Å². The van der Waals surface area contributed by atoms with Crippen molar-refractivity contribution in [3.05, 3.63) is 17.8 Å². The summed E-state index contributed by atoms with van der Waals surface area (Å²) in [6.45, 7) is 3.85. The molecule has 2 fully saturated rings. The molecule has 1 aromatic heterocycles. The monoisotopic (exact) mass is 260 g/mol. The van der Waals surface area contributed by atoms with Crippen LogP contribution in [0.5, 0.6) is 0 Å². The predicted octanol–water partition coefficient (Wildman–Crippen LogP) is 1.08. The highest BCUT2D eigenvalue weighted by molar-refractivity contribution is 5.77. The van der Waals surface area contributed by atoms with Crippen LogP contribution in [-0.2, 0) is 4.79 Å². The van der Waals surface area contributed by atoms with E-state index in [0.29, 0.717) is 18.4 Å². The van der Waals surface area contributed by atoms with E-state index >= 15 is 0 Å². The van der Waals surface area contributed by atoms with Gasteiger partial charge in [-0.15, -0.1) is 0 Å². The lowest BCUT2D eigenvalue weighted by Crippen LogP contribution is -2.54. The van der Waals surface area contributed by atoms with E-state index < -0.39 is 0 Å². The maximum Gasteiger partial charge on any atom is 0.220 e. The lowest BCUT2D eigenvalue weighted by Gasteiger charge is -2.41. The van der Waals surface area contributed by atoms with Gasteiger partial charge in [0.05, 0.1) is 0 Å². The van der Waals surface area contributed by atoms with Crippen LogP contribution in [0.4, 0.5) is 11.5 Å². The standard InChI is InChI=1S/C14H20N4O/c1-9-7-16-13(6-11(9)15)18-5-4-12-10(8-18)2-3-14(19)17-12/h6-7,10,12H,2-5,8H2,1H3,(H2,15,16)(H,17,19). The number of aromatic nitrogens is 1. The smallest absolute Gasteiger partial charge is 0.220 e. The normalized spacial score (nSPS) is 26.8. The van der Waals surface area contributed by atoms with Crippen LogP contribution in [0.3, 0.4) is 0 Å². The van der Waals surface area contributed by atoms with Crippen molar-refractivity contribution in [2.45, 2.75) is 32.2 Å². The molecule has 0 aliphatic carbocycles. The van der Waals surface area contributed by atoms with Gasteiger partial charge in [0, 0.05) is 43.5 Å². The zero-order valence-electron chi connectivity index (χ0n) is 11.2. The van der Waals surface area contributed by atoms with Crippen LogP contribution < -0.4 is 16.0 Å². The Kier molecular flexibility index (Phi) is 3.05. The third-order valence-corrected chi connectivity index (χ3v) is 4.28. The van der Waals surface area contributed by atoms with Crippen molar-refractivity contribution < 1.29 is 4.79 Å². The molecule has 5 nitrogen and oxygen atoms in total. The van der Waals surface area contributed by atoms with E-state index in [-0.39, 0.29) is 5.91 Å². The number of anilines is 2. The summed E-state index contributed by atoms with van der Waals surface area (Å²) >= 11 is 0. The summed E-state index contributed by atoms with van der Waals surface area (Å²) < 4.78 is 0. The molecule has 0 spiro atoms. The van der Waals surface area contributed by atoms with Crippen LogP contribution in [0.25, 0.3) is 0 Å². The summed E-state index contributed by atoms with van der Waals surface area (Å²) in [7, 11) is 0. The molecule has 19 heavy (non-hydrogen) atoms. The van der Waals surface area contributed by atoms with E-state index in [9.17, 15) is 4.79 Å². The van der Waals surface area contributed by atoms with Gasteiger partial charge in [0.1, 0.15) is 5.82 Å². The van der Waals surface area contributed by atoms with Crippen LogP contribution in [0.15, 0.2) is 12.3 Å². The Morgan fingerprint density at radius 1 is 1.47 bits per heavy atom. The molecule has 0 aromatic carbocycles. The summed E-state index contributed by atoms with van der Waals surface area (Å²) in [5.41, 5.74) is 7.77. The Labute approximate surface area is 113 Å². The number of amides is 1. The lowest BCUT2D eigenvalue weighted by atomic mass is 9.85. The van der Waals surface area contributed by atoms with E-state index in [2.05, 4.69) is 15.2 Å². The zero-order chi connectivity index (χ0) is 13.4. The van der Waals surface area contributed by atoms with Crippen LogP contribution in [0.2, 0.25) is 0 Å². The number of carbonyl (C=O) groups excluding carboxylic acids is 1. The van der Waals surface area contributed by atoms with Crippen LogP contribution in [0, 0.1) is 12.8 Å². The Morgan fingerprint density at radius 2 is 2.32 bits per heavy atom. The largest absolute Gasteiger partial charge is 0.398 e. The second-order valence-electron chi connectivity index (χ2n) is 5.61. The molecular formula is C14H20N4O. The van der Waals surface area contributed by atoms with Gasteiger partial charge in [-0.2, -0.15) is 0 Å².